The van der Waals surface area contributed by atoms with Crippen molar-refractivity contribution < 1.29 is 0 Å². The van der Waals surface area contributed by atoms with Crippen molar-refractivity contribution in [1.29, 1.82) is 0 Å². The average Bonchev–Trinajstić information content (AvgIpc) is 3.53. The van der Waals surface area contributed by atoms with E-state index >= 15 is 0 Å². The first-order valence-corrected chi connectivity index (χ1v) is 19.8. The number of anilines is 3. The highest BCUT2D eigenvalue weighted by atomic mass is 15.2. The van der Waals surface area contributed by atoms with E-state index in [-0.39, 0.29) is 23.0 Å². The van der Waals surface area contributed by atoms with Crippen molar-refractivity contribution in [3.63, 3.8) is 0 Å². The molecule has 4 heterocycles. The van der Waals surface area contributed by atoms with Crippen LogP contribution < -0.4 is 21.3 Å². The molecule has 0 saturated heterocycles. The topological polar surface area (TPSA) is 13.1 Å². The molecule has 3 nitrogen and oxygen atoms in total. The standard InChI is InChI=1S/C50H54BN3/c1-29-31(3)52-43-27-38(54(36-21-17-33(18-22-36)48(5,6)7)37-23-19-34(20-24-37)49(8,9)10)28-44-45(43)51(41-16-14-15-39(29)46(41)52)42-26-35(50(11,12)13)25-40-30(2)32(4)53(44)47(40)42/h14-28H,1-13H3. The van der Waals surface area contributed by atoms with Gasteiger partial charge in [0.15, 0.2) is 0 Å². The summed E-state index contributed by atoms with van der Waals surface area (Å²) in [7, 11) is 0. The van der Waals surface area contributed by atoms with Gasteiger partial charge in [-0.15, -0.1) is 0 Å². The maximum absolute atomic E-state index is 2.60. The van der Waals surface area contributed by atoms with Gasteiger partial charge in [-0.1, -0.05) is 111 Å². The third-order valence-electron chi connectivity index (χ3n) is 12.8. The molecular formula is C50H54BN3. The summed E-state index contributed by atoms with van der Waals surface area (Å²) in [6, 6.07) is 35.5. The van der Waals surface area contributed by atoms with Gasteiger partial charge in [-0.2, -0.15) is 0 Å². The second-order valence-corrected chi connectivity index (χ2v) is 19.3. The molecule has 5 aromatic carbocycles. The zero-order chi connectivity index (χ0) is 38.4. The predicted octanol–water partition coefficient (Wildman–Crippen LogP) is 11.3. The summed E-state index contributed by atoms with van der Waals surface area (Å²) in [6.45, 7) is 30.2. The van der Waals surface area contributed by atoms with Crippen molar-refractivity contribution >= 4 is 62.0 Å². The highest BCUT2D eigenvalue weighted by molar-refractivity contribution is 7.00. The van der Waals surface area contributed by atoms with Crippen LogP contribution in [0.25, 0.3) is 33.2 Å². The number of aromatic nitrogens is 2. The lowest BCUT2D eigenvalue weighted by Gasteiger charge is -2.37. The fourth-order valence-electron chi connectivity index (χ4n) is 9.40. The van der Waals surface area contributed by atoms with Gasteiger partial charge < -0.3 is 14.0 Å². The predicted molar refractivity (Wildman–Crippen MR) is 234 cm³/mol. The van der Waals surface area contributed by atoms with Crippen molar-refractivity contribution in [3.8, 4) is 11.4 Å². The Balaban J connectivity index is 1.41. The maximum Gasteiger partial charge on any atom is 0.252 e. The number of para-hydroxylation sites is 1. The molecule has 2 aromatic heterocycles. The van der Waals surface area contributed by atoms with E-state index < -0.39 is 0 Å². The Morgan fingerprint density at radius 2 is 0.926 bits per heavy atom. The van der Waals surface area contributed by atoms with E-state index in [0.717, 1.165) is 11.4 Å². The van der Waals surface area contributed by atoms with Crippen LogP contribution in [0.15, 0.2) is 91.0 Å². The Morgan fingerprint density at radius 1 is 0.463 bits per heavy atom. The number of hydrogen-bond donors (Lipinski definition) is 0. The quantitative estimate of drug-likeness (QED) is 0.167. The third kappa shape index (κ3) is 4.87. The van der Waals surface area contributed by atoms with E-state index in [1.807, 2.05) is 0 Å². The molecule has 2 aliphatic heterocycles. The molecule has 9 rings (SSSR count). The molecule has 7 aromatic rings. The van der Waals surface area contributed by atoms with Gasteiger partial charge in [0.1, 0.15) is 0 Å². The SMILES string of the molecule is Cc1c(C)n2c3c(cccc13)B1c3c-2cc(N(c2ccc(C(C)(C)C)cc2)c2ccc(C(C)(C)C)cc2)cc3-n2c(C)c(C)c3cc(C(C)(C)C)cc1c32. The summed E-state index contributed by atoms with van der Waals surface area (Å²) in [5, 5.41) is 2.73. The molecule has 0 saturated carbocycles. The summed E-state index contributed by atoms with van der Waals surface area (Å²) in [4.78, 5) is 2.48. The molecular weight excluding hydrogens is 653 g/mol. The summed E-state index contributed by atoms with van der Waals surface area (Å²) in [5.74, 6) is 0. The van der Waals surface area contributed by atoms with Gasteiger partial charge in [0.25, 0.3) is 6.71 Å². The number of rotatable bonds is 3. The molecule has 0 fully saturated rings. The van der Waals surface area contributed by atoms with Crippen LogP contribution in [0.2, 0.25) is 0 Å². The lowest BCUT2D eigenvalue weighted by Crippen LogP contribution is -2.59. The van der Waals surface area contributed by atoms with Gasteiger partial charge in [0.05, 0.1) is 5.69 Å². The molecule has 0 atom stereocenters. The monoisotopic (exact) mass is 707 g/mol. The smallest absolute Gasteiger partial charge is 0.252 e. The third-order valence-corrected chi connectivity index (χ3v) is 12.8. The van der Waals surface area contributed by atoms with Crippen LogP contribution >= 0.6 is 0 Å². The first-order chi connectivity index (χ1) is 25.4. The van der Waals surface area contributed by atoms with Crippen LogP contribution in [0.1, 0.15) is 102 Å². The molecule has 0 radical (unpaired) electrons. The average molecular weight is 708 g/mol. The van der Waals surface area contributed by atoms with Crippen LogP contribution in [0.4, 0.5) is 17.1 Å². The van der Waals surface area contributed by atoms with Gasteiger partial charge in [-0.05, 0) is 131 Å². The van der Waals surface area contributed by atoms with Crippen molar-refractivity contribution in [2.24, 2.45) is 0 Å². The number of nitrogens with zero attached hydrogens (tertiary/aromatic N) is 3. The minimum absolute atomic E-state index is 0.0275. The summed E-state index contributed by atoms with van der Waals surface area (Å²) in [6.07, 6.45) is 0. The molecule has 0 aliphatic carbocycles. The van der Waals surface area contributed by atoms with E-state index in [1.165, 1.54) is 94.5 Å². The second kappa shape index (κ2) is 11.3. The first kappa shape index (κ1) is 34.8. The minimum Gasteiger partial charge on any atom is -0.314 e. The van der Waals surface area contributed by atoms with E-state index in [1.54, 1.807) is 0 Å². The fourth-order valence-corrected chi connectivity index (χ4v) is 9.40. The molecule has 54 heavy (non-hydrogen) atoms. The number of aryl methyl sites for hydroxylation is 2. The van der Waals surface area contributed by atoms with Crippen LogP contribution in [0, 0.1) is 27.7 Å². The van der Waals surface area contributed by atoms with Crippen molar-refractivity contribution in [2.45, 2.75) is 106 Å². The molecule has 4 heteroatoms. The van der Waals surface area contributed by atoms with Crippen LogP contribution in [0.3, 0.4) is 0 Å². The Hall–Kier alpha value is -4.96. The number of benzene rings is 5. The van der Waals surface area contributed by atoms with Gasteiger partial charge in [-0.3, -0.25) is 0 Å². The largest absolute Gasteiger partial charge is 0.314 e. The molecule has 2 aliphatic rings. The molecule has 0 bridgehead atoms. The van der Waals surface area contributed by atoms with Crippen LogP contribution in [-0.2, 0) is 16.2 Å². The summed E-state index contributed by atoms with van der Waals surface area (Å²) < 4.78 is 5.19. The van der Waals surface area contributed by atoms with E-state index in [0.29, 0.717) is 0 Å². The van der Waals surface area contributed by atoms with Gasteiger partial charge in [0, 0.05) is 55.9 Å². The van der Waals surface area contributed by atoms with Crippen molar-refractivity contribution in [1.82, 2.24) is 9.13 Å². The Kier molecular flexibility index (Phi) is 7.27. The zero-order valence-electron chi connectivity index (χ0n) is 34.6. The number of hydrogen-bond acceptors (Lipinski definition) is 1. The Bertz CT molecular complexity index is 2620. The Morgan fingerprint density at radius 3 is 1.41 bits per heavy atom. The summed E-state index contributed by atoms with van der Waals surface area (Å²) >= 11 is 0. The van der Waals surface area contributed by atoms with Crippen LogP contribution in [-0.4, -0.2) is 15.8 Å². The summed E-state index contributed by atoms with van der Waals surface area (Å²) in [5.41, 5.74) is 22.6. The van der Waals surface area contributed by atoms with Crippen molar-refractivity contribution in [2.75, 3.05) is 4.90 Å². The van der Waals surface area contributed by atoms with Gasteiger partial charge in [-0.25, -0.2) is 0 Å². The van der Waals surface area contributed by atoms with E-state index in [4.69, 9.17) is 0 Å². The second-order valence-electron chi connectivity index (χ2n) is 19.3. The Labute approximate surface area is 322 Å². The van der Waals surface area contributed by atoms with E-state index in [9.17, 15) is 0 Å². The molecule has 272 valence electrons. The zero-order valence-corrected chi connectivity index (χ0v) is 34.6. The van der Waals surface area contributed by atoms with Gasteiger partial charge in [0.2, 0.25) is 0 Å². The fraction of sp³-hybridized carbons (Fsp3) is 0.320. The normalized spacial score (nSPS) is 13.6. The molecule has 0 amide bonds. The van der Waals surface area contributed by atoms with E-state index in [2.05, 4.69) is 195 Å². The van der Waals surface area contributed by atoms with Gasteiger partial charge >= 0.3 is 0 Å². The number of fused-ring (bicyclic) bond motifs is 4. The van der Waals surface area contributed by atoms with Crippen molar-refractivity contribution in [3.05, 3.63) is 130 Å². The molecule has 0 N–H and O–H groups in total. The highest BCUT2D eigenvalue weighted by Crippen LogP contribution is 2.43. The molecule has 0 spiro atoms. The highest BCUT2D eigenvalue weighted by Gasteiger charge is 2.42. The van der Waals surface area contributed by atoms with Crippen LogP contribution in [0.5, 0.6) is 0 Å². The molecule has 0 unspecified atom stereocenters. The lowest BCUT2D eigenvalue weighted by molar-refractivity contribution is 0.590. The lowest BCUT2D eigenvalue weighted by atomic mass is 9.34. The first-order valence-electron chi connectivity index (χ1n) is 19.8. The minimum atomic E-state index is 0.0275. The maximum atomic E-state index is 2.60.